The van der Waals surface area contributed by atoms with Gasteiger partial charge in [0.05, 0.1) is 7.11 Å². The summed E-state index contributed by atoms with van der Waals surface area (Å²) in [4.78, 5) is 15.6. The lowest BCUT2D eigenvalue weighted by Gasteiger charge is -2.16. The van der Waals surface area contributed by atoms with Gasteiger partial charge in [-0.2, -0.15) is 0 Å². The quantitative estimate of drug-likeness (QED) is 0.645. The largest absolute Gasteiger partial charge is 0.493 e. The lowest BCUT2D eigenvalue weighted by atomic mass is 9.95. The number of aromatic nitrogens is 1. The maximum Gasteiger partial charge on any atom is 0.257 e. The van der Waals surface area contributed by atoms with E-state index in [4.69, 9.17) is 21.1 Å². The van der Waals surface area contributed by atoms with E-state index in [1.54, 1.807) is 19.2 Å². The molecule has 0 spiro atoms. The van der Waals surface area contributed by atoms with Gasteiger partial charge in [-0.1, -0.05) is 29.8 Å². The summed E-state index contributed by atoms with van der Waals surface area (Å²) < 4.78 is 10.8. The number of fused-ring (bicyclic) bond motifs is 1. The molecule has 1 saturated carbocycles. The smallest absolute Gasteiger partial charge is 0.257 e. The first-order valence-corrected chi connectivity index (χ1v) is 9.29. The third kappa shape index (κ3) is 3.60. The highest BCUT2D eigenvalue weighted by Gasteiger charge is 2.45. The van der Waals surface area contributed by atoms with Crippen molar-refractivity contribution in [2.45, 2.75) is 18.3 Å². The van der Waals surface area contributed by atoms with Crippen LogP contribution in [0.25, 0.3) is 10.9 Å². The Balaban J connectivity index is 1.38. The molecule has 0 radical (unpaired) electrons. The van der Waals surface area contributed by atoms with Gasteiger partial charge in [-0.05, 0) is 42.7 Å². The Hall–Kier alpha value is -2.66. The second kappa shape index (κ2) is 7.16. The number of H-pyrrole nitrogens is 1. The molecule has 0 unspecified atom stereocenters. The summed E-state index contributed by atoms with van der Waals surface area (Å²) in [7, 11) is 1.58. The number of rotatable bonds is 7. The Kier molecular flexibility index (Phi) is 4.70. The van der Waals surface area contributed by atoms with E-state index in [0.29, 0.717) is 23.1 Å². The molecular formula is C21H21ClN2O3. The molecule has 3 aromatic rings. The van der Waals surface area contributed by atoms with Gasteiger partial charge in [-0.3, -0.25) is 4.79 Å². The molecule has 0 bridgehead atoms. The number of hydrogen-bond donors (Lipinski definition) is 2. The van der Waals surface area contributed by atoms with Crippen LogP contribution in [0.1, 0.15) is 18.4 Å². The summed E-state index contributed by atoms with van der Waals surface area (Å²) >= 11 is 6.07. The summed E-state index contributed by atoms with van der Waals surface area (Å²) in [6.07, 6.45) is 4.14. The van der Waals surface area contributed by atoms with Crippen LogP contribution >= 0.6 is 11.6 Å². The number of para-hydroxylation sites is 2. The summed E-state index contributed by atoms with van der Waals surface area (Å²) in [6.45, 7) is 0.552. The average Bonchev–Trinajstić information content (AvgIpc) is 3.36. The van der Waals surface area contributed by atoms with Crippen LogP contribution in [-0.2, 0) is 10.2 Å². The van der Waals surface area contributed by atoms with Crippen LogP contribution < -0.4 is 14.8 Å². The Morgan fingerprint density at radius 2 is 2.00 bits per heavy atom. The zero-order chi connectivity index (χ0) is 18.9. The van der Waals surface area contributed by atoms with Gasteiger partial charge in [-0.15, -0.1) is 0 Å². The molecule has 4 rings (SSSR count). The maximum absolute atomic E-state index is 12.3. The average molecular weight is 385 g/mol. The minimum absolute atomic E-state index is 0.00776. The standard InChI is InChI=1S/C21H21ClN2O3/c1-26-18-4-2-3-5-19(18)27-12-20(25)24-13-21(8-9-21)16-11-23-17-10-14(22)6-7-15(16)17/h2-7,10-11,23H,8-9,12-13H2,1H3,(H,24,25). The molecule has 140 valence electrons. The van der Waals surface area contributed by atoms with Crippen molar-refractivity contribution < 1.29 is 14.3 Å². The Morgan fingerprint density at radius 3 is 2.74 bits per heavy atom. The van der Waals surface area contributed by atoms with E-state index < -0.39 is 0 Å². The lowest BCUT2D eigenvalue weighted by molar-refractivity contribution is -0.123. The fourth-order valence-electron chi connectivity index (χ4n) is 3.43. The highest BCUT2D eigenvalue weighted by Crippen LogP contribution is 2.50. The minimum atomic E-state index is -0.143. The normalized spacial score (nSPS) is 14.7. The molecule has 6 heteroatoms. The molecule has 1 fully saturated rings. The highest BCUT2D eigenvalue weighted by molar-refractivity contribution is 6.31. The number of methoxy groups -OCH3 is 1. The van der Waals surface area contributed by atoms with Crippen molar-refractivity contribution in [3.63, 3.8) is 0 Å². The van der Waals surface area contributed by atoms with Crippen LogP contribution in [0.3, 0.4) is 0 Å². The van der Waals surface area contributed by atoms with Gasteiger partial charge in [0.1, 0.15) is 0 Å². The van der Waals surface area contributed by atoms with Crippen molar-refractivity contribution in [2.75, 3.05) is 20.3 Å². The van der Waals surface area contributed by atoms with Crippen molar-refractivity contribution in [3.8, 4) is 11.5 Å². The number of hydrogen-bond acceptors (Lipinski definition) is 3. The van der Waals surface area contributed by atoms with E-state index in [-0.39, 0.29) is 17.9 Å². The third-order valence-corrected chi connectivity index (χ3v) is 5.36. The number of amides is 1. The molecule has 0 saturated heterocycles. The molecule has 2 N–H and O–H groups in total. The lowest BCUT2D eigenvalue weighted by Crippen LogP contribution is -2.35. The van der Waals surface area contributed by atoms with Gasteiger partial charge in [0, 0.05) is 34.1 Å². The predicted molar refractivity (Wildman–Crippen MR) is 106 cm³/mol. The van der Waals surface area contributed by atoms with Crippen molar-refractivity contribution in [2.24, 2.45) is 0 Å². The zero-order valence-electron chi connectivity index (χ0n) is 15.0. The van der Waals surface area contributed by atoms with E-state index in [1.165, 1.54) is 5.56 Å². The summed E-state index contributed by atoms with van der Waals surface area (Å²) in [5.74, 6) is 1.03. The second-order valence-corrected chi connectivity index (χ2v) is 7.33. The number of carbonyl (C=O) groups is 1. The van der Waals surface area contributed by atoms with Crippen molar-refractivity contribution in [3.05, 3.63) is 59.2 Å². The molecule has 1 aliphatic carbocycles. The second-order valence-electron chi connectivity index (χ2n) is 6.89. The summed E-state index contributed by atoms with van der Waals surface area (Å²) in [5, 5.41) is 4.89. The van der Waals surface area contributed by atoms with Crippen LogP contribution in [-0.4, -0.2) is 31.2 Å². The molecule has 1 aromatic heterocycles. The van der Waals surface area contributed by atoms with Gasteiger partial charge < -0.3 is 19.8 Å². The number of ether oxygens (including phenoxy) is 2. The number of nitrogens with one attached hydrogen (secondary N) is 2. The van der Waals surface area contributed by atoms with Gasteiger partial charge >= 0.3 is 0 Å². The van der Waals surface area contributed by atoms with Crippen molar-refractivity contribution in [1.29, 1.82) is 0 Å². The predicted octanol–water partition coefficient (Wildman–Crippen LogP) is 4.06. The third-order valence-electron chi connectivity index (χ3n) is 5.12. The van der Waals surface area contributed by atoms with Gasteiger partial charge in [0.2, 0.25) is 0 Å². The van der Waals surface area contributed by atoms with E-state index in [9.17, 15) is 4.79 Å². The molecule has 1 amide bonds. The van der Waals surface area contributed by atoms with Crippen LogP contribution in [0.4, 0.5) is 0 Å². The fourth-order valence-corrected chi connectivity index (χ4v) is 3.60. The topological polar surface area (TPSA) is 63.4 Å². The zero-order valence-corrected chi connectivity index (χ0v) is 15.8. The number of carbonyl (C=O) groups excluding carboxylic acids is 1. The van der Waals surface area contributed by atoms with E-state index in [1.807, 2.05) is 36.5 Å². The first-order valence-electron chi connectivity index (χ1n) is 8.91. The molecule has 27 heavy (non-hydrogen) atoms. The van der Waals surface area contributed by atoms with Crippen LogP contribution in [0.2, 0.25) is 5.02 Å². The van der Waals surface area contributed by atoms with Crippen LogP contribution in [0.5, 0.6) is 11.5 Å². The van der Waals surface area contributed by atoms with E-state index in [0.717, 1.165) is 23.7 Å². The fraction of sp³-hybridized carbons (Fsp3) is 0.286. The highest BCUT2D eigenvalue weighted by atomic mass is 35.5. The van der Waals surface area contributed by atoms with Gasteiger partial charge in [0.25, 0.3) is 5.91 Å². The number of halogens is 1. The van der Waals surface area contributed by atoms with Gasteiger partial charge in [0.15, 0.2) is 18.1 Å². The van der Waals surface area contributed by atoms with Crippen molar-refractivity contribution in [1.82, 2.24) is 10.3 Å². The molecule has 1 heterocycles. The van der Waals surface area contributed by atoms with E-state index >= 15 is 0 Å². The Morgan fingerprint density at radius 1 is 1.22 bits per heavy atom. The summed E-state index contributed by atoms with van der Waals surface area (Å²) in [5.41, 5.74) is 2.25. The number of aromatic amines is 1. The monoisotopic (exact) mass is 384 g/mol. The minimum Gasteiger partial charge on any atom is -0.493 e. The van der Waals surface area contributed by atoms with Crippen molar-refractivity contribution >= 4 is 28.4 Å². The maximum atomic E-state index is 12.3. The Bertz CT molecular complexity index is 978. The van der Waals surface area contributed by atoms with Crippen LogP contribution in [0, 0.1) is 0 Å². The van der Waals surface area contributed by atoms with E-state index in [2.05, 4.69) is 10.3 Å². The molecule has 1 aliphatic rings. The molecular weight excluding hydrogens is 364 g/mol. The Labute approximate surface area is 162 Å². The molecule has 0 atom stereocenters. The number of benzene rings is 2. The van der Waals surface area contributed by atoms with Gasteiger partial charge in [-0.25, -0.2) is 0 Å². The van der Waals surface area contributed by atoms with Crippen LogP contribution in [0.15, 0.2) is 48.7 Å². The molecule has 2 aromatic carbocycles. The summed E-state index contributed by atoms with van der Waals surface area (Å²) in [6, 6.07) is 13.2. The SMILES string of the molecule is COc1ccccc1OCC(=O)NCC1(c2c[nH]c3cc(Cl)ccc23)CC1. The molecule has 5 nitrogen and oxygen atoms in total. The first-order chi connectivity index (χ1) is 13.1. The molecule has 0 aliphatic heterocycles. The first kappa shape index (κ1) is 17.7.